The number of ketones is 1. The van der Waals surface area contributed by atoms with E-state index in [0.717, 1.165) is 0 Å². The van der Waals surface area contributed by atoms with Gasteiger partial charge in [-0.05, 0) is 30.3 Å². The first-order valence-electron chi connectivity index (χ1n) is 9.56. The summed E-state index contributed by atoms with van der Waals surface area (Å²) in [5.74, 6) is -0.875. The van der Waals surface area contributed by atoms with Crippen molar-refractivity contribution in [2.24, 2.45) is 11.1 Å². The maximum atomic E-state index is 13.7. The molecule has 2 aliphatic rings. The van der Waals surface area contributed by atoms with Crippen LogP contribution in [0.4, 0.5) is 5.69 Å². The zero-order valence-corrected chi connectivity index (χ0v) is 16.2. The molecule has 1 amide bonds. The second kappa shape index (κ2) is 6.84. The molecule has 2 heterocycles. The summed E-state index contributed by atoms with van der Waals surface area (Å²) < 4.78 is 5.23. The molecule has 0 aliphatic carbocycles. The first-order valence-corrected chi connectivity index (χ1v) is 9.56. The van der Waals surface area contributed by atoms with Crippen LogP contribution in [0.25, 0.3) is 0 Å². The second-order valence-corrected chi connectivity index (χ2v) is 7.19. The van der Waals surface area contributed by atoms with Gasteiger partial charge >= 0.3 is 0 Å². The van der Waals surface area contributed by atoms with Gasteiger partial charge in [-0.15, -0.1) is 0 Å². The van der Waals surface area contributed by atoms with Gasteiger partial charge in [0.05, 0.1) is 7.11 Å². The number of hydrogen-bond donors (Lipinski definition) is 1. The number of amides is 1. The average Bonchev–Trinajstić information content (AvgIpc) is 3.33. The monoisotopic (exact) mass is 398 g/mol. The zero-order valence-electron chi connectivity index (χ0n) is 16.2. The van der Waals surface area contributed by atoms with Crippen LogP contribution in [0, 0.1) is 5.92 Å². The van der Waals surface area contributed by atoms with Gasteiger partial charge in [-0.25, -0.2) is 0 Å². The largest absolute Gasteiger partial charge is 0.497 e. The fourth-order valence-electron chi connectivity index (χ4n) is 4.11. The number of benzene rings is 3. The molecule has 148 valence electrons. The van der Waals surface area contributed by atoms with E-state index in [0.29, 0.717) is 33.8 Å². The average molecular weight is 398 g/mol. The first kappa shape index (κ1) is 18.1. The lowest BCUT2D eigenvalue weighted by atomic mass is 9.74. The van der Waals surface area contributed by atoms with Crippen LogP contribution < -0.4 is 10.1 Å². The number of para-hydroxylation sites is 1. The molecule has 6 heteroatoms. The van der Waals surface area contributed by atoms with Gasteiger partial charge in [-0.1, -0.05) is 53.7 Å². The van der Waals surface area contributed by atoms with Gasteiger partial charge in [0.2, 0.25) is 0 Å². The molecule has 6 nitrogen and oxygen atoms in total. The topological polar surface area (TPSA) is 77.0 Å². The smallest absolute Gasteiger partial charge is 0.277 e. The third-order valence-electron chi connectivity index (χ3n) is 5.59. The highest BCUT2D eigenvalue weighted by Gasteiger charge is 2.63. The Bertz CT molecular complexity index is 1170. The molecule has 5 rings (SSSR count). The summed E-state index contributed by atoms with van der Waals surface area (Å²) in [6.45, 7) is 0. The van der Waals surface area contributed by atoms with Gasteiger partial charge in [0.25, 0.3) is 11.5 Å². The number of methoxy groups -OCH3 is 1. The Balaban J connectivity index is 1.68. The van der Waals surface area contributed by atoms with Crippen molar-refractivity contribution in [1.29, 1.82) is 0 Å². The molecule has 2 atom stereocenters. The van der Waals surface area contributed by atoms with Crippen LogP contribution in [-0.2, 0) is 15.2 Å². The van der Waals surface area contributed by atoms with Crippen molar-refractivity contribution >= 4 is 23.1 Å². The van der Waals surface area contributed by atoms with E-state index in [1.54, 1.807) is 55.6 Å². The Morgan fingerprint density at radius 2 is 1.70 bits per heavy atom. The van der Waals surface area contributed by atoms with E-state index in [2.05, 4.69) is 10.5 Å². The van der Waals surface area contributed by atoms with E-state index in [9.17, 15) is 9.59 Å². The first-order chi connectivity index (χ1) is 14.6. The Morgan fingerprint density at radius 3 is 2.43 bits per heavy atom. The van der Waals surface area contributed by atoms with Crippen molar-refractivity contribution in [3.8, 4) is 5.75 Å². The van der Waals surface area contributed by atoms with E-state index < -0.39 is 17.4 Å². The number of oxime groups is 1. The van der Waals surface area contributed by atoms with Crippen molar-refractivity contribution in [1.82, 2.24) is 0 Å². The molecule has 3 aromatic carbocycles. The minimum absolute atomic E-state index is 0.227. The van der Waals surface area contributed by atoms with Gasteiger partial charge in [-0.3, -0.25) is 9.59 Å². The number of nitrogens with one attached hydrogen (secondary N) is 1. The predicted molar refractivity (Wildman–Crippen MR) is 112 cm³/mol. The van der Waals surface area contributed by atoms with Crippen LogP contribution in [0.1, 0.15) is 21.5 Å². The van der Waals surface area contributed by atoms with E-state index in [4.69, 9.17) is 9.57 Å². The highest BCUT2D eigenvalue weighted by molar-refractivity contribution is 6.24. The summed E-state index contributed by atoms with van der Waals surface area (Å²) in [5.41, 5.74) is 1.29. The Hall–Kier alpha value is -3.93. The van der Waals surface area contributed by atoms with Gasteiger partial charge in [0, 0.05) is 22.4 Å². The van der Waals surface area contributed by atoms with Gasteiger partial charge in [-0.2, -0.15) is 0 Å². The molecule has 0 radical (unpaired) electrons. The molecule has 1 spiro atoms. The maximum absolute atomic E-state index is 13.7. The molecule has 0 bridgehead atoms. The molecule has 0 aromatic heterocycles. The summed E-state index contributed by atoms with van der Waals surface area (Å²) in [5, 5.41) is 7.12. The summed E-state index contributed by atoms with van der Waals surface area (Å²) >= 11 is 0. The maximum Gasteiger partial charge on any atom is 0.277 e. The minimum Gasteiger partial charge on any atom is -0.497 e. The lowest BCUT2D eigenvalue weighted by Crippen LogP contribution is -2.46. The Kier molecular flexibility index (Phi) is 4.13. The molecule has 0 saturated carbocycles. The van der Waals surface area contributed by atoms with Crippen LogP contribution in [0.5, 0.6) is 5.75 Å². The fourth-order valence-corrected chi connectivity index (χ4v) is 4.11. The summed E-state index contributed by atoms with van der Waals surface area (Å²) in [6, 6.07) is 23.3. The highest BCUT2D eigenvalue weighted by Crippen LogP contribution is 2.49. The highest BCUT2D eigenvalue weighted by atomic mass is 16.7. The number of hydrogen-bond acceptors (Lipinski definition) is 5. The van der Waals surface area contributed by atoms with Crippen molar-refractivity contribution in [2.75, 3.05) is 12.4 Å². The molecule has 0 saturated heterocycles. The Morgan fingerprint density at radius 1 is 1.00 bits per heavy atom. The predicted octanol–water partition coefficient (Wildman–Crippen LogP) is 3.78. The summed E-state index contributed by atoms with van der Waals surface area (Å²) in [6.07, 6.45) is 0. The van der Waals surface area contributed by atoms with Gasteiger partial charge in [0.15, 0.2) is 5.78 Å². The quantitative estimate of drug-likeness (QED) is 0.679. The van der Waals surface area contributed by atoms with Crippen LogP contribution in [0.15, 0.2) is 84.0 Å². The van der Waals surface area contributed by atoms with E-state index in [1.807, 2.05) is 30.3 Å². The number of nitrogens with zero attached hydrogens (tertiary/aromatic N) is 1. The van der Waals surface area contributed by atoms with Crippen LogP contribution in [0.3, 0.4) is 0 Å². The Labute approximate surface area is 173 Å². The molecule has 2 aliphatic heterocycles. The van der Waals surface area contributed by atoms with Gasteiger partial charge < -0.3 is 14.9 Å². The lowest BCUT2D eigenvalue weighted by Gasteiger charge is -2.26. The molecule has 0 fully saturated rings. The van der Waals surface area contributed by atoms with Crippen molar-refractivity contribution < 1.29 is 19.2 Å². The van der Waals surface area contributed by atoms with Gasteiger partial charge in [0.1, 0.15) is 17.4 Å². The van der Waals surface area contributed by atoms with Crippen molar-refractivity contribution in [3.63, 3.8) is 0 Å². The zero-order chi connectivity index (χ0) is 20.7. The number of fused-ring (bicyclic) bond motifs is 2. The van der Waals surface area contributed by atoms with Crippen molar-refractivity contribution in [3.05, 3.63) is 95.6 Å². The summed E-state index contributed by atoms with van der Waals surface area (Å²) in [4.78, 5) is 32.7. The standard InChI is InChI=1S/C24H18N2O4/c1-29-17-13-11-15(12-14-17)21-20(22(27)16-7-3-2-4-8-16)24(30-26-21)18-9-5-6-10-19(18)25-23(24)28/h2-14,20H,1H3,(H,25,28)/t20-,24+/m1/s1. The molecule has 30 heavy (non-hydrogen) atoms. The number of ether oxygens (including phenoxy) is 1. The van der Waals surface area contributed by atoms with E-state index in [1.165, 1.54) is 0 Å². The molecule has 0 unspecified atom stereocenters. The van der Waals surface area contributed by atoms with Crippen LogP contribution in [0.2, 0.25) is 0 Å². The molecule has 1 N–H and O–H groups in total. The number of anilines is 1. The second-order valence-electron chi connectivity index (χ2n) is 7.19. The minimum atomic E-state index is -1.54. The third-order valence-corrected chi connectivity index (χ3v) is 5.59. The molecule has 3 aromatic rings. The third kappa shape index (κ3) is 2.54. The summed E-state index contributed by atoms with van der Waals surface area (Å²) in [7, 11) is 1.59. The fraction of sp³-hybridized carbons (Fsp3) is 0.125. The van der Waals surface area contributed by atoms with E-state index in [-0.39, 0.29) is 5.78 Å². The van der Waals surface area contributed by atoms with Crippen molar-refractivity contribution in [2.45, 2.75) is 5.60 Å². The lowest BCUT2D eigenvalue weighted by molar-refractivity contribution is -0.140. The normalized spacial score (nSPS) is 21.6. The molecular weight excluding hydrogens is 380 g/mol. The molecular formula is C24H18N2O4. The number of carbonyl (C=O) groups is 2. The SMILES string of the molecule is COc1ccc(C2=NO[C@]3(C(=O)Nc4ccccc43)[C@H]2C(=O)c2ccccc2)cc1. The number of Topliss-reactive ketones (excluding diaryl/α,β-unsaturated/α-hetero) is 1. The van der Waals surface area contributed by atoms with Crippen LogP contribution in [-0.4, -0.2) is 24.5 Å². The number of carbonyl (C=O) groups excluding carboxylic acids is 2. The van der Waals surface area contributed by atoms with E-state index >= 15 is 0 Å². The number of rotatable bonds is 4. The van der Waals surface area contributed by atoms with Crippen LogP contribution >= 0.6 is 0 Å².